The molecule has 0 spiro atoms. The van der Waals surface area contributed by atoms with Crippen LogP contribution in [-0.2, 0) is 4.74 Å². The number of nitrogens with one attached hydrogen (secondary N) is 1. The van der Waals surface area contributed by atoms with Crippen LogP contribution >= 0.6 is 0 Å². The zero-order valence-corrected chi connectivity index (χ0v) is 15.2. The number of nitrogens with zero attached hydrogens (tertiary/aromatic N) is 1. The molecule has 0 saturated carbocycles. The number of non-ortho nitro benzene ring substituents is 1. The zero-order valence-electron chi connectivity index (χ0n) is 15.2. The van der Waals surface area contributed by atoms with Gasteiger partial charge in [0.15, 0.2) is 0 Å². The second-order valence-corrected chi connectivity index (χ2v) is 7.05. The number of nitrogens with two attached hydrogens (primary N) is 1. The molecule has 0 fully saturated rings. The number of nitro benzene ring substituents is 1. The molecule has 0 heterocycles. The van der Waals surface area contributed by atoms with Crippen LogP contribution in [0.15, 0.2) is 24.3 Å². The van der Waals surface area contributed by atoms with Crippen LogP contribution in [0.25, 0.3) is 0 Å². The predicted octanol–water partition coefficient (Wildman–Crippen LogP) is 3.00. The summed E-state index contributed by atoms with van der Waals surface area (Å²) >= 11 is 0. The fourth-order valence-electron chi connectivity index (χ4n) is 2.11. The standard InChI is InChI=1S/C17H27N3O5/c1-16(2,10-12-24-17(3,4)9-11-18)19-15(21)25-14-7-5-13(6-8-14)20(22)23/h5-8H,9-12,18H2,1-4H3,(H,19,21). The van der Waals surface area contributed by atoms with E-state index in [1.54, 1.807) is 0 Å². The first-order valence-electron chi connectivity index (χ1n) is 8.13. The number of nitro groups is 1. The Morgan fingerprint density at radius 1 is 1.20 bits per heavy atom. The maximum atomic E-state index is 12.0. The van der Waals surface area contributed by atoms with Crippen LogP contribution in [0, 0.1) is 10.1 Å². The van der Waals surface area contributed by atoms with Gasteiger partial charge in [-0.3, -0.25) is 10.1 Å². The van der Waals surface area contributed by atoms with Gasteiger partial charge in [-0.25, -0.2) is 4.79 Å². The minimum atomic E-state index is -0.625. The lowest BCUT2D eigenvalue weighted by atomic mass is 10.0. The van der Waals surface area contributed by atoms with Crippen molar-refractivity contribution in [3.63, 3.8) is 0 Å². The van der Waals surface area contributed by atoms with E-state index in [2.05, 4.69) is 5.32 Å². The Hall–Kier alpha value is -2.19. The topological polar surface area (TPSA) is 117 Å². The summed E-state index contributed by atoms with van der Waals surface area (Å²) < 4.78 is 10.9. The molecule has 8 heteroatoms. The van der Waals surface area contributed by atoms with Gasteiger partial charge in [0, 0.05) is 24.3 Å². The van der Waals surface area contributed by atoms with Gasteiger partial charge in [0.2, 0.25) is 0 Å². The molecule has 0 atom stereocenters. The highest BCUT2D eigenvalue weighted by Crippen LogP contribution is 2.19. The third-order valence-electron chi connectivity index (χ3n) is 3.66. The summed E-state index contributed by atoms with van der Waals surface area (Å²) in [4.78, 5) is 22.1. The van der Waals surface area contributed by atoms with E-state index < -0.39 is 16.6 Å². The van der Waals surface area contributed by atoms with Gasteiger partial charge in [0.05, 0.1) is 10.5 Å². The average Bonchev–Trinajstić information content (AvgIpc) is 2.46. The number of benzene rings is 1. The van der Waals surface area contributed by atoms with Crippen LogP contribution in [-0.4, -0.2) is 35.3 Å². The summed E-state index contributed by atoms with van der Waals surface area (Å²) in [5.74, 6) is 0.235. The van der Waals surface area contributed by atoms with Gasteiger partial charge in [0.1, 0.15) is 5.75 Å². The molecule has 1 aromatic rings. The molecule has 0 radical (unpaired) electrons. The minimum Gasteiger partial charge on any atom is -0.410 e. The van der Waals surface area contributed by atoms with Crippen molar-refractivity contribution >= 4 is 11.8 Å². The Kier molecular flexibility index (Phi) is 7.32. The van der Waals surface area contributed by atoms with Crippen molar-refractivity contribution in [3.05, 3.63) is 34.4 Å². The summed E-state index contributed by atoms with van der Waals surface area (Å²) in [5, 5.41) is 13.4. The Morgan fingerprint density at radius 3 is 2.32 bits per heavy atom. The zero-order chi connectivity index (χ0) is 19.1. The second-order valence-electron chi connectivity index (χ2n) is 7.05. The average molecular weight is 353 g/mol. The molecular weight excluding hydrogens is 326 g/mol. The number of amides is 1. The highest BCUT2D eigenvalue weighted by atomic mass is 16.6. The maximum Gasteiger partial charge on any atom is 0.413 e. The summed E-state index contributed by atoms with van der Waals surface area (Å²) in [6, 6.07) is 5.31. The summed E-state index contributed by atoms with van der Waals surface area (Å²) in [6.45, 7) is 8.70. The molecule has 8 nitrogen and oxygen atoms in total. The van der Waals surface area contributed by atoms with Gasteiger partial charge >= 0.3 is 6.09 Å². The van der Waals surface area contributed by atoms with Crippen LogP contribution in [0.5, 0.6) is 5.75 Å². The molecule has 1 amide bonds. The van der Waals surface area contributed by atoms with Crippen LogP contribution in [0.4, 0.5) is 10.5 Å². The minimum absolute atomic E-state index is 0.0645. The number of hydrogen-bond acceptors (Lipinski definition) is 6. The Morgan fingerprint density at radius 2 is 1.80 bits per heavy atom. The van der Waals surface area contributed by atoms with Crippen molar-refractivity contribution in [3.8, 4) is 5.75 Å². The fraction of sp³-hybridized carbons (Fsp3) is 0.588. The van der Waals surface area contributed by atoms with Gasteiger partial charge in [-0.15, -0.1) is 0 Å². The number of carbonyl (C=O) groups excluding carboxylic acids is 1. The largest absolute Gasteiger partial charge is 0.413 e. The van der Waals surface area contributed by atoms with Crippen LogP contribution < -0.4 is 15.8 Å². The van der Waals surface area contributed by atoms with Crippen molar-refractivity contribution in [1.82, 2.24) is 5.32 Å². The first-order valence-corrected chi connectivity index (χ1v) is 8.13. The SMILES string of the molecule is CC(C)(CCOC(C)(C)CCN)NC(=O)Oc1ccc([N+](=O)[O-])cc1. The lowest BCUT2D eigenvalue weighted by molar-refractivity contribution is -0.384. The highest BCUT2D eigenvalue weighted by molar-refractivity contribution is 5.71. The number of hydrogen-bond donors (Lipinski definition) is 2. The molecular formula is C17H27N3O5. The smallest absolute Gasteiger partial charge is 0.410 e. The lowest BCUT2D eigenvalue weighted by Gasteiger charge is -2.29. The third-order valence-corrected chi connectivity index (χ3v) is 3.66. The number of carbonyl (C=O) groups is 1. The Bertz CT molecular complexity index is 584. The summed E-state index contributed by atoms with van der Waals surface area (Å²) in [5.41, 5.74) is 4.65. The highest BCUT2D eigenvalue weighted by Gasteiger charge is 2.24. The van der Waals surface area contributed by atoms with Gasteiger partial charge in [0.25, 0.3) is 5.69 Å². The molecule has 0 bridgehead atoms. The number of ether oxygens (including phenoxy) is 2. The van der Waals surface area contributed by atoms with E-state index in [1.165, 1.54) is 24.3 Å². The van der Waals surface area contributed by atoms with Crippen LogP contribution in [0.1, 0.15) is 40.5 Å². The molecule has 0 aliphatic heterocycles. The first kappa shape index (κ1) is 20.9. The van der Waals surface area contributed by atoms with E-state index in [4.69, 9.17) is 15.2 Å². The molecule has 1 aromatic carbocycles. The Balaban J connectivity index is 2.47. The first-order chi connectivity index (χ1) is 11.5. The van der Waals surface area contributed by atoms with E-state index in [9.17, 15) is 14.9 Å². The van der Waals surface area contributed by atoms with Gasteiger partial charge in [-0.2, -0.15) is 0 Å². The molecule has 0 aliphatic rings. The van der Waals surface area contributed by atoms with Crippen molar-refractivity contribution < 1.29 is 19.2 Å². The van der Waals surface area contributed by atoms with Gasteiger partial charge in [-0.05, 0) is 59.2 Å². The van der Waals surface area contributed by atoms with Gasteiger partial charge in [-0.1, -0.05) is 0 Å². The van der Waals surface area contributed by atoms with Crippen LogP contribution in [0.2, 0.25) is 0 Å². The molecule has 0 aromatic heterocycles. The normalized spacial score (nSPS) is 11.9. The quantitative estimate of drug-likeness (QED) is 0.520. The predicted molar refractivity (Wildman–Crippen MR) is 94.7 cm³/mol. The van der Waals surface area contributed by atoms with Crippen molar-refractivity contribution in [2.75, 3.05) is 13.2 Å². The van der Waals surface area contributed by atoms with E-state index in [-0.39, 0.29) is 17.0 Å². The molecule has 3 N–H and O–H groups in total. The third kappa shape index (κ3) is 7.95. The van der Waals surface area contributed by atoms with Crippen LogP contribution in [0.3, 0.4) is 0 Å². The van der Waals surface area contributed by atoms with E-state index >= 15 is 0 Å². The molecule has 140 valence electrons. The van der Waals surface area contributed by atoms with E-state index in [0.717, 1.165) is 6.42 Å². The molecule has 1 rings (SSSR count). The Labute approximate surface area is 147 Å². The molecule has 0 saturated heterocycles. The van der Waals surface area contributed by atoms with Crippen molar-refractivity contribution in [2.24, 2.45) is 5.73 Å². The molecule has 0 aliphatic carbocycles. The second kappa shape index (κ2) is 8.77. The van der Waals surface area contributed by atoms with E-state index in [1.807, 2.05) is 27.7 Å². The summed E-state index contributed by atoms with van der Waals surface area (Å²) in [7, 11) is 0. The van der Waals surface area contributed by atoms with Crippen molar-refractivity contribution in [2.45, 2.75) is 51.7 Å². The van der Waals surface area contributed by atoms with E-state index in [0.29, 0.717) is 19.6 Å². The maximum absolute atomic E-state index is 12.0. The summed E-state index contributed by atoms with van der Waals surface area (Å²) in [6.07, 6.45) is 0.722. The molecule has 25 heavy (non-hydrogen) atoms. The fourth-order valence-corrected chi connectivity index (χ4v) is 2.11. The van der Waals surface area contributed by atoms with Gasteiger partial charge < -0.3 is 20.5 Å². The number of rotatable bonds is 9. The molecule has 0 unspecified atom stereocenters. The monoisotopic (exact) mass is 353 g/mol. The lowest BCUT2D eigenvalue weighted by Crippen LogP contribution is -2.46. The van der Waals surface area contributed by atoms with Crippen molar-refractivity contribution in [1.29, 1.82) is 0 Å².